The molecular formula is C32H41N3O4S. The van der Waals surface area contributed by atoms with Crippen LogP contribution in [-0.4, -0.2) is 43.8 Å². The van der Waals surface area contributed by atoms with Gasteiger partial charge in [-0.3, -0.25) is 13.9 Å². The number of hydrogen-bond donors (Lipinski definition) is 1. The zero-order valence-corrected chi connectivity index (χ0v) is 25.2. The Morgan fingerprint density at radius 3 is 2.05 bits per heavy atom. The lowest BCUT2D eigenvalue weighted by molar-refractivity contribution is -0.140. The molecule has 0 aliphatic rings. The van der Waals surface area contributed by atoms with Crippen LogP contribution in [0, 0.1) is 20.8 Å². The third-order valence-corrected chi connectivity index (χ3v) is 8.71. The van der Waals surface area contributed by atoms with Gasteiger partial charge in [-0.15, -0.1) is 0 Å². The number of sulfonamides is 1. The number of nitrogens with zero attached hydrogens (tertiary/aromatic N) is 2. The standard InChI is InChI=1S/C32H41N3O4S/c1-7-26(6)33-32(37)30(8-2)34(21-27-14-12-13-23(3)18-27)31(36)22-35(28-19-24(4)17-25(5)20-28)40(38,39)29-15-10-9-11-16-29/h9-20,26,30H,7-8,21-22H2,1-6H3,(H,33,37). The van der Waals surface area contributed by atoms with Crippen molar-refractivity contribution in [1.29, 1.82) is 0 Å². The van der Waals surface area contributed by atoms with Crippen LogP contribution in [0.15, 0.2) is 77.7 Å². The molecule has 40 heavy (non-hydrogen) atoms. The Kier molecular flexibility index (Phi) is 10.5. The van der Waals surface area contributed by atoms with E-state index in [1.807, 2.05) is 71.9 Å². The fourth-order valence-electron chi connectivity index (χ4n) is 4.71. The van der Waals surface area contributed by atoms with E-state index in [-0.39, 0.29) is 23.4 Å². The van der Waals surface area contributed by atoms with Crippen molar-refractivity contribution in [2.24, 2.45) is 0 Å². The third kappa shape index (κ3) is 7.72. The summed E-state index contributed by atoms with van der Waals surface area (Å²) in [6.07, 6.45) is 1.14. The molecule has 0 aliphatic heterocycles. The van der Waals surface area contributed by atoms with Crippen molar-refractivity contribution in [1.82, 2.24) is 10.2 Å². The SMILES string of the molecule is CCC(C)NC(=O)C(CC)N(Cc1cccc(C)c1)C(=O)CN(c1cc(C)cc(C)c1)S(=O)(=O)c1ccccc1. The maximum atomic E-state index is 14.2. The molecule has 3 aromatic carbocycles. The van der Waals surface area contributed by atoms with E-state index >= 15 is 0 Å². The number of carbonyl (C=O) groups is 2. The predicted molar refractivity (Wildman–Crippen MR) is 161 cm³/mol. The van der Waals surface area contributed by atoms with E-state index in [0.717, 1.165) is 33.0 Å². The molecule has 0 saturated heterocycles. The normalized spacial score (nSPS) is 12.8. The summed E-state index contributed by atoms with van der Waals surface area (Å²) >= 11 is 0. The van der Waals surface area contributed by atoms with Crippen LogP contribution < -0.4 is 9.62 Å². The van der Waals surface area contributed by atoms with Crippen molar-refractivity contribution in [3.05, 3.63) is 95.1 Å². The Balaban J connectivity index is 2.08. The molecule has 0 aliphatic carbocycles. The summed E-state index contributed by atoms with van der Waals surface area (Å²) in [6.45, 7) is 11.3. The summed E-state index contributed by atoms with van der Waals surface area (Å²) in [4.78, 5) is 29.1. The summed E-state index contributed by atoms with van der Waals surface area (Å²) in [6, 6.07) is 20.5. The molecule has 1 N–H and O–H groups in total. The lowest BCUT2D eigenvalue weighted by Gasteiger charge is -2.34. The van der Waals surface area contributed by atoms with Gasteiger partial charge in [0.25, 0.3) is 10.0 Å². The number of benzene rings is 3. The molecule has 0 spiro atoms. The minimum atomic E-state index is -4.09. The van der Waals surface area contributed by atoms with Crippen LogP contribution in [0.3, 0.4) is 0 Å². The van der Waals surface area contributed by atoms with Gasteiger partial charge in [-0.25, -0.2) is 8.42 Å². The van der Waals surface area contributed by atoms with Crippen molar-refractivity contribution >= 4 is 27.5 Å². The fraction of sp³-hybridized carbons (Fsp3) is 0.375. The molecule has 2 unspecified atom stereocenters. The Morgan fingerprint density at radius 2 is 1.48 bits per heavy atom. The van der Waals surface area contributed by atoms with Gasteiger partial charge in [0.15, 0.2) is 0 Å². The van der Waals surface area contributed by atoms with Gasteiger partial charge in [0, 0.05) is 12.6 Å². The van der Waals surface area contributed by atoms with Crippen molar-refractivity contribution in [3.63, 3.8) is 0 Å². The van der Waals surface area contributed by atoms with Crippen molar-refractivity contribution in [3.8, 4) is 0 Å². The molecule has 2 amide bonds. The molecule has 3 rings (SSSR count). The van der Waals surface area contributed by atoms with Crippen LogP contribution in [0.25, 0.3) is 0 Å². The Labute approximate surface area is 239 Å². The number of rotatable bonds is 12. The summed E-state index contributed by atoms with van der Waals surface area (Å²) in [7, 11) is -4.09. The number of carbonyl (C=O) groups excluding carboxylic acids is 2. The second-order valence-electron chi connectivity index (χ2n) is 10.4. The first-order valence-electron chi connectivity index (χ1n) is 13.8. The number of amides is 2. The molecule has 0 radical (unpaired) electrons. The van der Waals surface area contributed by atoms with Crippen LogP contribution in [0.4, 0.5) is 5.69 Å². The van der Waals surface area contributed by atoms with Crippen molar-refractivity contribution < 1.29 is 18.0 Å². The first-order valence-corrected chi connectivity index (χ1v) is 15.2. The highest BCUT2D eigenvalue weighted by atomic mass is 32.2. The smallest absolute Gasteiger partial charge is 0.264 e. The molecule has 214 valence electrons. The summed E-state index contributed by atoms with van der Waals surface area (Å²) in [5, 5.41) is 3.00. The molecule has 7 nitrogen and oxygen atoms in total. The minimum Gasteiger partial charge on any atom is -0.352 e. The van der Waals surface area contributed by atoms with E-state index in [1.54, 1.807) is 30.3 Å². The van der Waals surface area contributed by atoms with Gasteiger partial charge in [-0.05, 0) is 81.5 Å². The minimum absolute atomic E-state index is 0.0531. The topological polar surface area (TPSA) is 86.8 Å². The lowest BCUT2D eigenvalue weighted by Crippen LogP contribution is -2.53. The van der Waals surface area contributed by atoms with E-state index in [1.165, 1.54) is 17.0 Å². The van der Waals surface area contributed by atoms with E-state index in [9.17, 15) is 18.0 Å². The first kappa shape index (κ1) is 30.9. The number of nitrogens with one attached hydrogen (secondary N) is 1. The lowest BCUT2D eigenvalue weighted by atomic mass is 10.1. The van der Waals surface area contributed by atoms with Gasteiger partial charge in [-0.1, -0.05) is 67.9 Å². The zero-order valence-electron chi connectivity index (χ0n) is 24.3. The maximum Gasteiger partial charge on any atom is 0.264 e. The number of anilines is 1. The van der Waals surface area contributed by atoms with Crippen molar-refractivity contribution in [2.45, 2.75) is 77.9 Å². The average Bonchev–Trinajstić information content (AvgIpc) is 2.91. The quantitative estimate of drug-likeness (QED) is 0.314. The monoisotopic (exact) mass is 563 g/mol. The van der Waals surface area contributed by atoms with Gasteiger partial charge in [0.2, 0.25) is 11.8 Å². The molecule has 0 aromatic heterocycles. The highest BCUT2D eigenvalue weighted by Gasteiger charge is 2.34. The van der Waals surface area contributed by atoms with E-state index in [2.05, 4.69) is 5.32 Å². The molecule has 0 heterocycles. The van der Waals surface area contributed by atoms with Gasteiger partial charge >= 0.3 is 0 Å². The highest BCUT2D eigenvalue weighted by Crippen LogP contribution is 2.27. The second-order valence-corrected chi connectivity index (χ2v) is 12.3. The van der Waals surface area contributed by atoms with Crippen LogP contribution in [0.1, 0.15) is 55.9 Å². The Bertz CT molecular complexity index is 1400. The highest BCUT2D eigenvalue weighted by molar-refractivity contribution is 7.92. The summed E-state index contributed by atoms with van der Waals surface area (Å²) < 4.78 is 29.1. The van der Waals surface area contributed by atoms with Gasteiger partial charge in [0.05, 0.1) is 10.6 Å². The summed E-state index contributed by atoms with van der Waals surface area (Å²) in [5.41, 5.74) is 4.07. The van der Waals surface area contributed by atoms with E-state index in [4.69, 9.17) is 0 Å². The predicted octanol–water partition coefficient (Wildman–Crippen LogP) is 5.53. The zero-order chi connectivity index (χ0) is 29.4. The van der Waals surface area contributed by atoms with Crippen LogP contribution in [0.5, 0.6) is 0 Å². The molecule has 0 saturated carbocycles. The molecule has 2 atom stereocenters. The number of aryl methyl sites for hydroxylation is 3. The van der Waals surface area contributed by atoms with Crippen LogP contribution in [-0.2, 0) is 26.2 Å². The fourth-order valence-corrected chi connectivity index (χ4v) is 6.13. The first-order chi connectivity index (χ1) is 19.0. The number of hydrogen-bond acceptors (Lipinski definition) is 4. The largest absolute Gasteiger partial charge is 0.352 e. The van der Waals surface area contributed by atoms with Crippen molar-refractivity contribution in [2.75, 3.05) is 10.8 Å². The summed E-state index contributed by atoms with van der Waals surface area (Å²) in [5.74, 6) is -0.701. The van der Waals surface area contributed by atoms with Crippen LogP contribution in [0.2, 0.25) is 0 Å². The van der Waals surface area contributed by atoms with Crippen LogP contribution >= 0.6 is 0 Å². The molecule has 0 fully saturated rings. The third-order valence-electron chi connectivity index (χ3n) is 6.93. The van der Waals surface area contributed by atoms with Gasteiger partial charge in [0.1, 0.15) is 12.6 Å². The second kappa shape index (κ2) is 13.6. The van der Waals surface area contributed by atoms with Gasteiger partial charge in [-0.2, -0.15) is 0 Å². The molecule has 3 aromatic rings. The van der Waals surface area contributed by atoms with E-state index < -0.39 is 28.5 Å². The average molecular weight is 564 g/mol. The maximum absolute atomic E-state index is 14.2. The van der Waals surface area contributed by atoms with E-state index in [0.29, 0.717) is 12.1 Å². The van der Waals surface area contributed by atoms with Gasteiger partial charge < -0.3 is 10.2 Å². The molecule has 0 bridgehead atoms. The molecule has 8 heteroatoms. The Morgan fingerprint density at radius 1 is 0.825 bits per heavy atom. The Hall–Kier alpha value is -3.65. The molecular weight excluding hydrogens is 522 g/mol.